The number of unbranched alkanes of at least 4 members (excludes halogenated alkanes) is 4. The molecule has 0 heterocycles. The van der Waals surface area contributed by atoms with Gasteiger partial charge in [0.05, 0.1) is 16.1 Å². The smallest absolute Gasteiger partial charge is 0.0801 e. The average Bonchev–Trinajstić information content (AvgIpc) is 2.53. The normalized spacial score (nSPS) is 14.5. The van der Waals surface area contributed by atoms with Gasteiger partial charge < -0.3 is 5.73 Å². The minimum absolute atomic E-state index is 0.0826. The van der Waals surface area contributed by atoms with Crippen molar-refractivity contribution in [3.05, 3.63) is 0 Å². The third-order valence-electron chi connectivity index (χ3n) is 8.95. The van der Waals surface area contributed by atoms with Crippen molar-refractivity contribution in [1.29, 1.82) is 0 Å². The van der Waals surface area contributed by atoms with Gasteiger partial charge in [-0.3, -0.25) is 0 Å². The minimum atomic E-state index is -1.83. The van der Waals surface area contributed by atoms with Crippen LogP contribution < -0.4 is 5.73 Å². The van der Waals surface area contributed by atoms with E-state index in [0.29, 0.717) is 0 Å². The van der Waals surface area contributed by atoms with E-state index in [-0.39, 0.29) is 4.79 Å². The summed E-state index contributed by atoms with van der Waals surface area (Å²) in [6.07, 6.45) is 8.05. The zero-order valence-corrected chi connectivity index (χ0v) is 24.8. The van der Waals surface area contributed by atoms with Gasteiger partial charge in [0.15, 0.2) is 0 Å². The Morgan fingerprint density at radius 1 is 0.517 bits per heavy atom. The predicted octanol–water partition coefficient (Wildman–Crippen LogP) is 9.48. The van der Waals surface area contributed by atoms with Crippen LogP contribution in [0.3, 0.4) is 0 Å². The number of nitrogens with two attached hydrogens (primary N) is 1. The van der Waals surface area contributed by atoms with E-state index in [9.17, 15) is 0 Å². The summed E-state index contributed by atoms with van der Waals surface area (Å²) in [5.41, 5.74) is 12.5. The van der Waals surface area contributed by atoms with Crippen LogP contribution in [0.4, 0.5) is 0 Å². The van der Waals surface area contributed by atoms with Gasteiger partial charge in [-0.05, 0) is 39.7 Å². The van der Waals surface area contributed by atoms with Gasteiger partial charge >= 0.3 is 0 Å². The second kappa shape index (κ2) is 11.9. The van der Waals surface area contributed by atoms with Crippen molar-refractivity contribution < 1.29 is 0 Å². The van der Waals surface area contributed by atoms with E-state index in [1.807, 2.05) is 0 Å². The lowest BCUT2D eigenvalue weighted by Gasteiger charge is -2.66. The topological polar surface area (TPSA) is 26.0 Å². The van der Waals surface area contributed by atoms with Crippen molar-refractivity contribution in [2.24, 2.45) is 5.73 Å². The van der Waals surface area contributed by atoms with E-state index < -0.39 is 16.1 Å². The standard InChI is InChI=1S/C26H59NSi2/c1-14-15-16-17-18-19-26(27,28(20(2)3,21(4)5)22(6)7)29(23(8)9,24(10)11)25(12)13/h20-25H,14-19,27H2,1-13H3. The third-order valence-corrected chi connectivity index (χ3v) is 26.6. The summed E-state index contributed by atoms with van der Waals surface area (Å²) in [4.78, 5) is 0.0826. The van der Waals surface area contributed by atoms with Gasteiger partial charge in [-0.15, -0.1) is 0 Å². The van der Waals surface area contributed by atoms with Crippen molar-refractivity contribution in [3.8, 4) is 0 Å². The molecule has 0 saturated carbocycles. The maximum atomic E-state index is 8.10. The fourth-order valence-electron chi connectivity index (χ4n) is 8.91. The van der Waals surface area contributed by atoms with Crippen molar-refractivity contribution >= 4 is 16.1 Å². The molecule has 0 aromatic heterocycles. The Morgan fingerprint density at radius 3 is 1.03 bits per heavy atom. The fraction of sp³-hybridized carbons (Fsp3) is 1.00. The molecule has 0 aliphatic carbocycles. The molecule has 0 aliphatic rings. The van der Waals surface area contributed by atoms with Crippen molar-refractivity contribution in [2.45, 2.75) is 167 Å². The van der Waals surface area contributed by atoms with E-state index in [1.54, 1.807) is 0 Å². The first kappa shape index (κ1) is 29.4. The first-order valence-corrected chi connectivity index (χ1v) is 17.5. The zero-order valence-electron chi connectivity index (χ0n) is 22.8. The number of rotatable bonds is 14. The summed E-state index contributed by atoms with van der Waals surface area (Å²) >= 11 is 0. The zero-order chi connectivity index (χ0) is 23.2. The third kappa shape index (κ3) is 5.08. The molecule has 176 valence electrons. The Morgan fingerprint density at radius 2 is 0.793 bits per heavy atom. The largest absolute Gasteiger partial charge is 0.330 e. The first-order chi connectivity index (χ1) is 13.2. The quantitative estimate of drug-likeness (QED) is 0.211. The molecule has 1 nitrogen and oxygen atoms in total. The van der Waals surface area contributed by atoms with Crippen LogP contribution in [0.25, 0.3) is 0 Å². The molecule has 0 unspecified atom stereocenters. The number of hydrogen-bond acceptors (Lipinski definition) is 1. The van der Waals surface area contributed by atoms with Crippen molar-refractivity contribution in [3.63, 3.8) is 0 Å². The highest BCUT2D eigenvalue weighted by Gasteiger charge is 2.67. The maximum Gasteiger partial charge on any atom is 0.0801 e. The highest BCUT2D eigenvalue weighted by atomic mass is 28.4. The SMILES string of the molecule is CCCCCCCC(N)([Si](C(C)C)(C(C)C)C(C)C)[Si](C(C)C)(C(C)C)C(C)C. The van der Waals surface area contributed by atoms with Crippen LogP contribution in [-0.4, -0.2) is 20.9 Å². The lowest BCUT2D eigenvalue weighted by Crippen LogP contribution is -2.83. The van der Waals surface area contributed by atoms with Crippen molar-refractivity contribution in [2.75, 3.05) is 0 Å². The monoisotopic (exact) mass is 441 g/mol. The Hall–Kier alpha value is 0.394. The average molecular weight is 442 g/mol. The molecule has 0 radical (unpaired) electrons. The summed E-state index contributed by atoms with van der Waals surface area (Å²) in [6.45, 7) is 32.7. The predicted molar refractivity (Wildman–Crippen MR) is 142 cm³/mol. The fourth-order valence-corrected chi connectivity index (χ4v) is 32.5. The lowest BCUT2D eigenvalue weighted by molar-refractivity contribution is 0.515. The van der Waals surface area contributed by atoms with Gasteiger partial charge in [0.1, 0.15) is 0 Å². The van der Waals surface area contributed by atoms with E-state index in [0.717, 1.165) is 33.2 Å². The summed E-state index contributed by atoms with van der Waals surface area (Å²) in [5.74, 6) is 0. The summed E-state index contributed by atoms with van der Waals surface area (Å²) in [7, 11) is -3.67. The van der Waals surface area contributed by atoms with Gasteiger partial charge in [0.25, 0.3) is 0 Å². The molecule has 0 rings (SSSR count). The molecule has 0 bridgehead atoms. The van der Waals surface area contributed by atoms with E-state index in [1.165, 1.54) is 38.5 Å². The van der Waals surface area contributed by atoms with Gasteiger partial charge in [-0.25, -0.2) is 0 Å². The number of hydrogen-bond donors (Lipinski definition) is 1. The van der Waals surface area contributed by atoms with Crippen LogP contribution in [0.1, 0.15) is 129 Å². The first-order valence-electron chi connectivity index (χ1n) is 13.0. The van der Waals surface area contributed by atoms with Crippen molar-refractivity contribution in [1.82, 2.24) is 0 Å². The Bertz CT molecular complexity index is 376. The molecule has 0 saturated heterocycles. The molecular formula is C26H59NSi2. The van der Waals surface area contributed by atoms with Crippen LogP contribution >= 0.6 is 0 Å². The minimum Gasteiger partial charge on any atom is -0.330 e. The molecule has 2 N–H and O–H groups in total. The molecule has 0 aromatic carbocycles. The molecule has 3 heteroatoms. The van der Waals surface area contributed by atoms with Crippen LogP contribution in [0.2, 0.25) is 33.2 Å². The second-order valence-electron chi connectivity index (χ2n) is 11.9. The van der Waals surface area contributed by atoms with Gasteiger partial charge in [0.2, 0.25) is 0 Å². The highest BCUT2D eigenvalue weighted by molar-refractivity contribution is 7.05. The summed E-state index contributed by atoms with van der Waals surface area (Å²) in [5, 5.41) is 0. The van der Waals surface area contributed by atoms with Crippen LogP contribution in [0.15, 0.2) is 0 Å². The molecular weight excluding hydrogens is 382 g/mol. The molecule has 0 amide bonds. The summed E-state index contributed by atoms with van der Waals surface area (Å²) in [6, 6.07) is 0. The molecule has 0 spiro atoms. The molecule has 29 heavy (non-hydrogen) atoms. The van der Waals surface area contributed by atoms with Gasteiger partial charge in [-0.1, -0.05) is 122 Å². The molecule has 0 aliphatic heterocycles. The van der Waals surface area contributed by atoms with Crippen LogP contribution in [0.5, 0.6) is 0 Å². The van der Waals surface area contributed by atoms with E-state index >= 15 is 0 Å². The Balaban J connectivity index is 6.88. The lowest BCUT2D eigenvalue weighted by atomic mass is 10.1. The maximum absolute atomic E-state index is 8.10. The van der Waals surface area contributed by atoms with Gasteiger partial charge in [-0.2, -0.15) is 0 Å². The Labute approximate surface area is 188 Å². The van der Waals surface area contributed by atoms with Crippen LogP contribution in [0, 0.1) is 0 Å². The highest BCUT2D eigenvalue weighted by Crippen LogP contribution is 2.59. The van der Waals surface area contributed by atoms with E-state index in [4.69, 9.17) is 5.73 Å². The Kier molecular flexibility index (Phi) is 12.0. The van der Waals surface area contributed by atoms with Gasteiger partial charge in [0, 0.05) is 4.79 Å². The molecule has 0 atom stereocenters. The van der Waals surface area contributed by atoms with Crippen LogP contribution in [-0.2, 0) is 0 Å². The summed E-state index contributed by atoms with van der Waals surface area (Å²) < 4.78 is 0. The molecule has 0 aromatic rings. The molecule has 0 fully saturated rings. The van der Waals surface area contributed by atoms with E-state index in [2.05, 4.69) is 90.0 Å². The second-order valence-corrected chi connectivity index (χ2v) is 24.9.